The minimum Gasteiger partial charge on any atom is -0.291 e. The van der Waals surface area contributed by atoms with E-state index < -0.39 is 10.0 Å². The molecule has 0 radical (unpaired) electrons. The lowest BCUT2D eigenvalue weighted by Gasteiger charge is -2.30. The molecule has 104 valence electrons. The summed E-state index contributed by atoms with van der Waals surface area (Å²) in [6.07, 6.45) is 3.55. The molecule has 0 aromatic carbocycles. The van der Waals surface area contributed by atoms with Gasteiger partial charge in [0.25, 0.3) is 0 Å². The van der Waals surface area contributed by atoms with Crippen LogP contribution in [-0.2, 0) is 10.0 Å². The fraction of sp³-hybridized carbons (Fsp3) is 0.917. The van der Waals surface area contributed by atoms with Gasteiger partial charge in [0.2, 0.25) is 10.0 Å². The van der Waals surface area contributed by atoms with Crippen molar-refractivity contribution in [3.63, 3.8) is 0 Å². The van der Waals surface area contributed by atoms with Crippen LogP contribution in [0.2, 0.25) is 0 Å². The zero-order valence-corrected chi connectivity index (χ0v) is 11.9. The van der Waals surface area contributed by atoms with E-state index in [-0.39, 0.29) is 5.75 Å². The number of hydrogen-bond acceptors (Lipinski definition) is 4. The maximum absolute atomic E-state index is 11.6. The first-order valence-electron chi connectivity index (χ1n) is 6.64. The van der Waals surface area contributed by atoms with Crippen molar-refractivity contribution in [3.05, 3.63) is 0 Å². The lowest BCUT2D eigenvalue weighted by atomic mass is 9.97. The van der Waals surface area contributed by atoms with Crippen LogP contribution in [0, 0.1) is 17.2 Å². The van der Waals surface area contributed by atoms with Crippen LogP contribution in [-0.4, -0.2) is 45.2 Å². The first-order chi connectivity index (χ1) is 8.57. The third-order valence-electron chi connectivity index (χ3n) is 3.36. The summed E-state index contributed by atoms with van der Waals surface area (Å²) in [7, 11) is -3.08. The molecule has 1 saturated heterocycles. The van der Waals surface area contributed by atoms with Crippen LogP contribution in [0.15, 0.2) is 0 Å². The Morgan fingerprint density at radius 1 is 1.39 bits per heavy atom. The Labute approximate surface area is 110 Å². The molecule has 1 fully saturated rings. The molecule has 18 heavy (non-hydrogen) atoms. The lowest BCUT2D eigenvalue weighted by Crippen LogP contribution is -2.39. The number of nitriles is 1. The Hall–Kier alpha value is -0.640. The highest BCUT2D eigenvalue weighted by Crippen LogP contribution is 2.16. The van der Waals surface area contributed by atoms with E-state index in [4.69, 9.17) is 5.26 Å². The summed E-state index contributed by atoms with van der Waals surface area (Å²) in [5, 5.41) is 8.59. The van der Waals surface area contributed by atoms with Crippen LogP contribution >= 0.6 is 0 Å². The number of piperidine rings is 1. The Balaban J connectivity index is 2.23. The van der Waals surface area contributed by atoms with Crippen molar-refractivity contribution in [3.8, 4) is 6.07 Å². The number of hydrogen-bond donors (Lipinski definition) is 1. The standard InChI is InChI=1S/C12H23N3O2S/c1-2-3-10-18(16,17)14-11-12-4-7-15(8-5-12)9-6-13/h12,14H,2-5,7-11H2,1H3. The van der Waals surface area contributed by atoms with E-state index >= 15 is 0 Å². The van der Waals surface area contributed by atoms with E-state index in [2.05, 4.69) is 15.7 Å². The summed E-state index contributed by atoms with van der Waals surface area (Å²) in [5.41, 5.74) is 0. The molecule has 1 aliphatic heterocycles. The van der Waals surface area contributed by atoms with Crippen molar-refractivity contribution in [2.75, 3.05) is 31.9 Å². The second-order valence-corrected chi connectivity index (χ2v) is 6.82. The molecule has 1 aliphatic rings. The average Bonchev–Trinajstić information content (AvgIpc) is 2.36. The zero-order chi connectivity index (χ0) is 13.4. The van der Waals surface area contributed by atoms with Crippen molar-refractivity contribution < 1.29 is 8.42 Å². The smallest absolute Gasteiger partial charge is 0.211 e. The van der Waals surface area contributed by atoms with E-state index in [1.165, 1.54) is 0 Å². The van der Waals surface area contributed by atoms with Crippen LogP contribution in [0.25, 0.3) is 0 Å². The summed E-state index contributed by atoms with van der Waals surface area (Å²) < 4.78 is 26.0. The summed E-state index contributed by atoms with van der Waals surface area (Å²) in [6, 6.07) is 2.15. The maximum atomic E-state index is 11.6. The van der Waals surface area contributed by atoms with E-state index in [0.717, 1.165) is 38.8 Å². The predicted molar refractivity (Wildman–Crippen MR) is 71.5 cm³/mol. The van der Waals surface area contributed by atoms with E-state index in [0.29, 0.717) is 19.0 Å². The highest BCUT2D eigenvalue weighted by Gasteiger charge is 2.20. The first-order valence-corrected chi connectivity index (χ1v) is 8.29. The zero-order valence-electron chi connectivity index (χ0n) is 11.1. The lowest BCUT2D eigenvalue weighted by molar-refractivity contribution is 0.204. The summed E-state index contributed by atoms with van der Waals surface area (Å²) in [6.45, 7) is 4.81. The molecule has 0 atom stereocenters. The van der Waals surface area contributed by atoms with Crippen molar-refractivity contribution in [1.82, 2.24) is 9.62 Å². The van der Waals surface area contributed by atoms with Crippen molar-refractivity contribution in [2.24, 2.45) is 5.92 Å². The van der Waals surface area contributed by atoms with Gasteiger partial charge in [0.1, 0.15) is 0 Å². The number of unbranched alkanes of at least 4 members (excludes halogenated alkanes) is 1. The normalized spacial score (nSPS) is 18.7. The number of likely N-dealkylation sites (tertiary alicyclic amines) is 1. The van der Waals surface area contributed by atoms with Gasteiger partial charge in [0.05, 0.1) is 18.4 Å². The Bertz CT molecular complexity index is 367. The van der Waals surface area contributed by atoms with E-state index in [1.54, 1.807) is 0 Å². The van der Waals surface area contributed by atoms with Crippen molar-refractivity contribution >= 4 is 10.0 Å². The molecule has 1 rings (SSSR count). The molecule has 0 aromatic rings. The number of nitrogens with one attached hydrogen (secondary N) is 1. The predicted octanol–water partition coefficient (Wildman–Crippen LogP) is 0.941. The number of sulfonamides is 1. The molecule has 0 spiro atoms. The Morgan fingerprint density at radius 2 is 2.06 bits per heavy atom. The molecule has 6 heteroatoms. The molecule has 0 aliphatic carbocycles. The molecule has 0 bridgehead atoms. The molecule has 0 saturated carbocycles. The molecule has 0 aromatic heterocycles. The van der Waals surface area contributed by atoms with Gasteiger partial charge < -0.3 is 0 Å². The van der Waals surface area contributed by atoms with Gasteiger partial charge in [0, 0.05) is 6.54 Å². The van der Waals surface area contributed by atoms with Crippen molar-refractivity contribution in [2.45, 2.75) is 32.6 Å². The highest BCUT2D eigenvalue weighted by molar-refractivity contribution is 7.89. The fourth-order valence-corrected chi connectivity index (χ4v) is 3.40. The van der Waals surface area contributed by atoms with Gasteiger partial charge in [-0.3, -0.25) is 4.90 Å². The quantitative estimate of drug-likeness (QED) is 0.701. The largest absolute Gasteiger partial charge is 0.291 e. The minimum absolute atomic E-state index is 0.233. The second-order valence-electron chi connectivity index (χ2n) is 4.90. The molecule has 1 heterocycles. The van der Waals surface area contributed by atoms with Gasteiger partial charge in [-0.05, 0) is 38.3 Å². The molecule has 0 amide bonds. The van der Waals surface area contributed by atoms with Crippen LogP contribution in [0.5, 0.6) is 0 Å². The van der Waals surface area contributed by atoms with Gasteiger partial charge in [-0.15, -0.1) is 0 Å². The third-order valence-corrected chi connectivity index (χ3v) is 4.79. The van der Waals surface area contributed by atoms with Gasteiger partial charge >= 0.3 is 0 Å². The minimum atomic E-state index is -3.08. The molecular weight excluding hydrogens is 250 g/mol. The van der Waals surface area contributed by atoms with Crippen LogP contribution in [0.3, 0.4) is 0 Å². The van der Waals surface area contributed by atoms with E-state index in [1.807, 2.05) is 6.92 Å². The maximum Gasteiger partial charge on any atom is 0.211 e. The number of rotatable bonds is 7. The van der Waals surface area contributed by atoms with Gasteiger partial charge in [-0.25, -0.2) is 13.1 Å². The summed E-state index contributed by atoms with van der Waals surface area (Å²) >= 11 is 0. The topological polar surface area (TPSA) is 73.2 Å². The van der Waals surface area contributed by atoms with Gasteiger partial charge in [-0.2, -0.15) is 5.26 Å². The average molecular weight is 273 g/mol. The van der Waals surface area contributed by atoms with Crippen LogP contribution in [0.1, 0.15) is 32.6 Å². The Kier molecular flexibility index (Phi) is 6.61. The van der Waals surface area contributed by atoms with Crippen molar-refractivity contribution in [1.29, 1.82) is 5.26 Å². The molecule has 5 nitrogen and oxygen atoms in total. The van der Waals surface area contributed by atoms with Crippen LogP contribution < -0.4 is 4.72 Å². The van der Waals surface area contributed by atoms with E-state index in [9.17, 15) is 8.42 Å². The Morgan fingerprint density at radius 3 is 2.61 bits per heavy atom. The van der Waals surface area contributed by atoms with Gasteiger partial charge in [-0.1, -0.05) is 13.3 Å². The number of nitrogens with zero attached hydrogens (tertiary/aromatic N) is 2. The monoisotopic (exact) mass is 273 g/mol. The second kappa shape index (κ2) is 7.72. The molecular formula is C12H23N3O2S. The molecule has 1 N–H and O–H groups in total. The third kappa shape index (κ3) is 5.80. The molecule has 0 unspecified atom stereocenters. The summed E-state index contributed by atoms with van der Waals surface area (Å²) in [5.74, 6) is 0.646. The fourth-order valence-electron chi connectivity index (χ4n) is 2.10. The first kappa shape index (κ1) is 15.4. The van der Waals surface area contributed by atoms with Crippen LogP contribution in [0.4, 0.5) is 0 Å². The summed E-state index contributed by atoms with van der Waals surface area (Å²) in [4.78, 5) is 2.11. The SMILES string of the molecule is CCCCS(=O)(=O)NCC1CCN(CC#N)CC1. The highest BCUT2D eigenvalue weighted by atomic mass is 32.2. The van der Waals surface area contributed by atoms with Gasteiger partial charge in [0.15, 0.2) is 0 Å².